The molecule has 0 fully saturated rings. The molecule has 0 amide bonds. The SMILES string of the molecule is Cc1cnc(-c2cc(C(C)(C)C)c3ccccc3c2)cc1-c1cc[c]([Ge]([CH3])([CH3])[CH3])cc1C(F)(F)F. The molecule has 1 nitrogen and oxygen atoms in total. The van der Waals surface area contributed by atoms with Crippen molar-refractivity contribution in [1.82, 2.24) is 4.98 Å². The van der Waals surface area contributed by atoms with E-state index < -0.39 is 25.0 Å². The van der Waals surface area contributed by atoms with Crippen molar-refractivity contribution in [2.24, 2.45) is 0 Å². The summed E-state index contributed by atoms with van der Waals surface area (Å²) in [6, 6.07) is 19.2. The number of hydrogen-bond donors (Lipinski definition) is 0. The van der Waals surface area contributed by atoms with Crippen LogP contribution in [0.25, 0.3) is 33.2 Å². The van der Waals surface area contributed by atoms with Crippen LogP contribution in [0.5, 0.6) is 0 Å². The molecule has 4 rings (SSSR count). The molecule has 0 atom stereocenters. The van der Waals surface area contributed by atoms with Gasteiger partial charge in [-0.2, -0.15) is 0 Å². The standard InChI is InChI=1S/C30H32F3GeN/c1-19-18-35-28(21-14-20-10-8-9-11-23(20)26(15-21)29(2,3)4)17-25(19)24-13-12-22(34(5,6)7)16-27(24)30(31,32)33/h8-18H,1-7H3. The molecule has 35 heavy (non-hydrogen) atoms. The van der Waals surface area contributed by atoms with Crippen LogP contribution >= 0.6 is 0 Å². The van der Waals surface area contributed by atoms with E-state index in [0.717, 1.165) is 20.9 Å². The number of hydrogen-bond acceptors (Lipinski definition) is 1. The third kappa shape index (κ3) is 5.18. The predicted octanol–water partition coefficient (Wildman–Crippen LogP) is 8.74. The van der Waals surface area contributed by atoms with E-state index in [9.17, 15) is 13.2 Å². The molecule has 4 aromatic rings. The fourth-order valence-electron chi connectivity index (χ4n) is 4.53. The van der Waals surface area contributed by atoms with Crippen LogP contribution in [-0.4, -0.2) is 18.3 Å². The Hall–Kier alpha value is -2.60. The molecular formula is C30H32F3GeN. The fourth-order valence-corrected chi connectivity index (χ4v) is 6.97. The van der Waals surface area contributed by atoms with E-state index in [2.05, 4.69) is 67.3 Å². The molecule has 0 unspecified atom stereocenters. The maximum atomic E-state index is 14.2. The first kappa shape index (κ1) is 25.5. The Balaban J connectivity index is 1.94. The summed E-state index contributed by atoms with van der Waals surface area (Å²) in [6.07, 6.45) is -2.75. The molecule has 0 saturated carbocycles. The minimum atomic E-state index is -4.43. The number of aryl methyl sites for hydroxylation is 1. The summed E-state index contributed by atoms with van der Waals surface area (Å²) in [7, 11) is 0. The third-order valence-electron chi connectivity index (χ3n) is 6.55. The van der Waals surface area contributed by atoms with Gasteiger partial charge in [-0.15, -0.1) is 0 Å². The average Bonchev–Trinajstić information content (AvgIpc) is 2.76. The van der Waals surface area contributed by atoms with E-state index in [0.29, 0.717) is 11.3 Å². The molecule has 5 heteroatoms. The van der Waals surface area contributed by atoms with Crippen molar-refractivity contribution in [3.8, 4) is 22.4 Å². The van der Waals surface area contributed by atoms with Gasteiger partial charge in [0.1, 0.15) is 0 Å². The van der Waals surface area contributed by atoms with Crippen LogP contribution in [0.4, 0.5) is 13.2 Å². The summed E-state index contributed by atoms with van der Waals surface area (Å²) in [5.41, 5.74) is 3.61. The Bertz CT molecular complexity index is 1410. The quantitative estimate of drug-likeness (QED) is 0.239. The van der Waals surface area contributed by atoms with Crippen LogP contribution in [0.1, 0.15) is 37.5 Å². The first-order valence-corrected chi connectivity index (χ1v) is 19.2. The molecule has 0 bridgehead atoms. The fraction of sp³-hybridized carbons (Fsp3) is 0.300. The van der Waals surface area contributed by atoms with Gasteiger partial charge in [-0.1, -0.05) is 6.07 Å². The van der Waals surface area contributed by atoms with Crippen molar-refractivity contribution < 1.29 is 13.2 Å². The first-order chi connectivity index (χ1) is 16.2. The normalized spacial score (nSPS) is 12.9. The summed E-state index contributed by atoms with van der Waals surface area (Å²) in [5, 5.41) is 2.27. The van der Waals surface area contributed by atoms with Gasteiger partial charge >= 0.3 is 203 Å². The number of benzene rings is 3. The van der Waals surface area contributed by atoms with Gasteiger partial charge in [0.25, 0.3) is 0 Å². The summed E-state index contributed by atoms with van der Waals surface area (Å²) in [4.78, 5) is 4.64. The number of rotatable bonds is 3. The second kappa shape index (κ2) is 8.81. The molecule has 1 aromatic heterocycles. The molecular weight excluding hydrogens is 504 g/mol. The van der Waals surface area contributed by atoms with Gasteiger partial charge in [0, 0.05) is 0 Å². The Morgan fingerprint density at radius 1 is 0.771 bits per heavy atom. The first-order valence-electron chi connectivity index (χ1n) is 11.9. The number of halogens is 3. The number of aromatic nitrogens is 1. The van der Waals surface area contributed by atoms with Crippen LogP contribution in [0.3, 0.4) is 0 Å². The van der Waals surface area contributed by atoms with E-state index >= 15 is 0 Å². The van der Waals surface area contributed by atoms with Gasteiger partial charge < -0.3 is 0 Å². The van der Waals surface area contributed by atoms with Crippen LogP contribution in [-0.2, 0) is 11.6 Å². The zero-order valence-corrected chi connectivity index (χ0v) is 23.5. The van der Waals surface area contributed by atoms with Gasteiger partial charge in [0.15, 0.2) is 0 Å². The topological polar surface area (TPSA) is 12.9 Å². The Kier molecular flexibility index (Phi) is 6.42. The predicted molar refractivity (Wildman–Crippen MR) is 144 cm³/mol. The number of pyridine rings is 1. The zero-order chi connectivity index (χ0) is 25.8. The summed E-state index contributed by atoms with van der Waals surface area (Å²) in [6.45, 7) is 8.33. The van der Waals surface area contributed by atoms with E-state index in [4.69, 9.17) is 0 Å². The van der Waals surface area contributed by atoms with E-state index in [1.807, 2.05) is 31.2 Å². The molecule has 0 aliphatic carbocycles. The van der Waals surface area contributed by atoms with Crippen molar-refractivity contribution in [1.29, 1.82) is 0 Å². The molecule has 182 valence electrons. The van der Waals surface area contributed by atoms with Gasteiger partial charge in [-0.3, -0.25) is 0 Å². The third-order valence-corrected chi connectivity index (χ3v) is 10.8. The van der Waals surface area contributed by atoms with Crippen LogP contribution < -0.4 is 4.40 Å². The van der Waals surface area contributed by atoms with Crippen molar-refractivity contribution in [2.75, 3.05) is 0 Å². The average molecular weight is 536 g/mol. The maximum absolute atomic E-state index is 14.2. The van der Waals surface area contributed by atoms with Crippen molar-refractivity contribution >= 4 is 28.4 Å². The second-order valence-corrected chi connectivity index (χ2v) is 22.0. The van der Waals surface area contributed by atoms with Crippen molar-refractivity contribution in [3.05, 3.63) is 83.6 Å². The van der Waals surface area contributed by atoms with Crippen molar-refractivity contribution in [2.45, 2.75) is 56.6 Å². The minimum absolute atomic E-state index is 0.0966. The molecule has 0 radical (unpaired) electrons. The van der Waals surface area contributed by atoms with Gasteiger partial charge in [0.2, 0.25) is 0 Å². The summed E-state index contributed by atoms with van der Waals surface area (Å²) < 4.78 is 43.5. The molecule has 0 saturated heterocycles. The number of alkyl halides is 3. The van der Waals surface area contributed by atoms with Gasteiger partial charge in [0.05, 0.1) is 0 Å². The molecule has 1 heterocycles. The van der Waals surface area contributed by atoms with E-state index in [1.165, 1.54) is 17.0 Å². The van der Waals surface area contributed by atoms with Gasteiger partial charge in [-0.25, -0.2) is 0 Å². The van der Waals surface area contributed by atoms with Crippen LogP contribution in [0.15, 0.2) is 66.9 Å². The van der Waals surface area contributed by atoms with Crippen LogP contribution in [0.2, 0.25) is 17.3 Å². The number of fused-ring (bicyclic) bond motifs is 1. The summed E-state index contributed by atoms with van der Waals surface area (Å²) >= 11 is -2.44. The Labute approximate surface area is 208 Å². The monoisotopic (exact) mass is 537 g/mol. The van der Waals surface area contributed by atoms with Crippen LogP contribution in [0, 0.1) is 6.92 Å². The molecule has 0 aliphatic rings. The molecule has 0 spiro atoms. The Morgan fingerprint density at radius 3 is 2.09 bits per heavy atom. The second-order valence-electron chi connectivity index (χ2n) is 11.4. The number of nitrogens with zero attached hydrogens (tertiary/aromatic N) is 1. The Morgan fingerprint density at radius 2 is 1.46 bits per heavy atom. The molecule has 0 N–H and O–H groups in total. The molecule has 3 aromatic carbocycles. The van der Waals surface area contributed by atoms with Gasteiger partial charge in [-0.05, 0) is 0 Å². The van der Waals surface area contributed by atoms with E-state index in [-0.39, 0.29) is 11.0 Å². The zero-order valence-electron chi connectivity index (χ0n) is 21.4. The summed E-state index contributed by atoms with van der Waals surface area (Å²) in [5.74, 6) is 6.33. The van der Waals surface area contributed by atoms with Crippen molar-refractivity contribution in [3.63, 3.8) is 0 Å². The van der Waals surface area contributed by atoms with E-state index in [1.54, 1.807) is 12.3 Å². The molecule has 0 aliphatic heterocycles.